The third-order valence-electron chi connectivity index (χ3n) is 4.52. The van der Waals surface area contributed by atoms with E-state index in [1.54, 1.807) is 17.6 Å². The lowest BCUT2D eigenvalue weighted by atomic mass is 9.85. The zero-order valence-corrected chi connectivity index (χ0v) is 16.4. The van der Waals surface area contributed by atoms with Crippen LogP contribution in [-0.4, -0.2) is 23.8 Å². The lowest BCUT2D eigenvalue weighted by molar-refractivity contribution is -0.132. The van der Waals surface area contributed by atoms with Crippen molar-refractivity contribution in [2.45, 2.75) is 44.6 Å². The molecule has 0 saturated heterocycles. The number of unbranched alkanes of at least 4 members (excludes halogenated alkanes) is 1. The molecule has 1 amide bonds. The van der Waals surface area contributed by atoms with Gasteiger partial charge in [0.2, 0.25) is 5.91 Å². The normalized spacial score (nSPS) is 13.2. The number of benzene rings is 2. The molecule has 0 heterocycles. The Morgan fingerprint density at radius 3 is 2.54 bits per heavy atom. The van der Waals surface area contributed by atoms with E-state index in [0.717, 1.165) is 24.5 Å². The first-order chi connectivity index (χ1) is 13.4. The number of amides is 1. The molecule has 2 atom stereocenters. The molecule has 1 unspecified atom stereocenters. The van der Waals surface area contributed by atoms with Gasteiger partial charge in [0.15, 0.2) is 0 Å². The molecule has 0 bridgehead atoms. The summed E-state index contributed by atoms with van der Waals surface area (Å²) in [5, 5.41) is 9.50. The minimum atomic E-state index is -0.701. The second-order valence-corrected chi connectivity index (χ2v) is 7.04. The lowest BCUT2D eigenvalue weighted by Gasteiger charge is -2.28. The second kappa shape index (κ2) is 11.1. The first kappa shape index (κ1) is 22.3. The van der Waals surface area contributed by atoms with Crippen molar-refractivity contribution >= 4 is 17.5 Å². The molecule has 0 aliphatic carbocycles. The van der Waals surface area contributed by atoms with Gasteiger partial charge in [0.1, 0.15) is 11.6 Å². The maximum absolute atomic E-state index is 14.6. The number of halogens is 3. The van der Waals surface area contributed by atoms with Crippen LogP contribution < -0.4 is 5.48 Å². The maximum Gasteiger partial charge on any atom is 0.245 e. The molecule has 2 N–H and O–H groups in total. The average Bonchev–Trinajstić information content (AvgIpc) is 2.67. The Balaban J connectivity index is 2.38. The van der Waals surface area contributed by atoms with Crippen LogP contribution in [0.5, 0.6) is 0 Å². The van der Waals surface area contributed by atoms with E-state index in [1.165, 1.54) is 12.1 Å². The molecule has 0 fully saturated rings. The highest BCUT2D eigenvalue weighted by Crippen LogP contribution is 2.31. The summed E-state index contributed by atoms with van der Waals surface area (Å²) < 4.78 is 33.9. The minimum absolute atomic E-state index is 0.157. The Morgan fingerprint density at radius 2 is 1.93 bits per heavy atom. The minimum Gasteiger partial charge on any atom is -0.377 e. The van der Waals surface area contributed by atoms with Crippen LogP contribution in [0.25, 0.3) is 0 Å². The van der Waals surface area contributed by atoms with Crippen LogP contribution in [0.2, 0.25) is 5.02 Å². The molecule has 0 saturated carbocycles. The summed E-state index contributed by atoms with van der Waals surface area (Å²) in [5.74, 6) is -2.57. The summed E-state index contributed by atoms with van der Waals surface area (Å²) in [6.45, 7) is 2.39. The van der Waals surface area contributed by atoms with Crippen LogP contribution in [0.1, 0.15) is 43.2 Å². The highest BCUT2D eigenvalue weighted by atomic mass is 35.5. The lowest BCUT2D eigenvalue weighted by Crippen LogP contribution is -2.32. The summed E-state index contributed by atoms with van der Waals surface area (Å²) in [6, 6.07) is 10.4. The molecular weight excluding hydrogens is 388 g/mol. The summed E-state index contributed by atoms with van der Waals surface area (Å²) in [4.78, 5) is 11.8. The Labute approximate surface area is 168 Å². The molecule has 2 rings (SSSR count). The Morgan fingerprint density at radius 1 is 1.21 bits per heavy atom. The number of carbonyl (C=O) groups is 1. The summed E-state index contributed by atoms with van der Waals surface area (Å²) in [7, 11) is 0. The van der Waals surface area contributed by atoms with E-state index in [1.807, 2.05) is 19.1 Å². The number of hydrogen-bond acceptors (Lipinski definition) is 3. The highest BCUT2D eigenvalue weighted by Gasteiger charge is 2.29. The standard InChI is InChI=1S/C21H24ClF2NO3/c1-2-3-10-28-20(13-21(26)25-27)18(11-14-4-6-15(22)7-5-14)17-9-8-16(23)12-19(17)24/h4-9,12,18,20,27H,2-3,10-11,13H2,1H3,(H,25,26)/t18?,20-/m1/s1. The summed E-state index contributed by atoms with van der Waals surface area (Å²) in [6.07, 6.45) is 1.17. The van der Waals surface area contributed by atoms with Gasteiger partial charge in [0, 0.05) is 23.6 Å². The van der Waals surface area contributed by atoms with Crippen LogP contribution in [-0.2, 0) is 16.0 Å². The van der Waals surface area contributed by atoms with Crippen molar-refractivity contribution in [1.29, 1.82) is 0 Å². The van der Waals surface area contributed by atoms with Crippen LogP contribution in [0, 0.1) is 11.6 Å². The molecule has 0 spiro atoms. The molecular formula is C21H24ClF2NO3. The maximum atomic E-state index is 14.6. The molecule has 0 aromatic heterocycles. The first-order valence-corrected chi connectivity index (χ1v) is 9.56. The first-order valence-electron chi connectivity index (χ1n) is 9.18. The van der Waals surface area contributed by atoms with Crippen LogP contribution in [0.4, 0.5) is 8.78 Å². The second-order valence-electron chi connectivity index (χ2n) is 6.60. The van der Waals surface area contributed by atoms with E-state index >= 15 is 0 Å². The summed E-state index contributed by atoms with van der Waals surface area (Å²) >= 11 is 5.94. The Bertz CT molecular complexity index is 771. The van der Waals surface area contributed by atoms with Gasteiger partial charge < -0.3 is 4.74 Å². The zero-order valence-electron chi connectivity index (χ0n) is 15.6. The molecule has 0 radical (unpaired) electrons. The molecule has 7 heteroatoms. The number of hydrogen-bond donors (Lipinski definition) is 2. The highest BCUT2D eigenvalue weighted by molar-refractivity contribution is 6.30. The molecule has 152 valence electrons. The molecule has 4 nitrogen and oxygen atoms in total. The average molecular weight is 412 g/mol. The van der Waals surface area contributed by atoms with E-state index in [-0.39, 0.29) is 12.0 Å². The topological polar surface area (TPSA) is 58.6 Å². The largest absolute Gasteiger partial charge is 0.377 e. The molecule has 0 aliphatic heterocycles. The monoisotopic (exact) mass is 411 g/mol. The number of hydroxylamine groups is 1. The number of ether oxygens (including phenoxy) is 1. The smallest absolute Gasteiger partial charge is 0.245 e. The van der Waals surface area contributed by atoms with Gasteiger partial charge in [-0.3, -0.25) is 10.0 Å². The third-order valence-corrected chi connectivity index (χ3v) is 4.77. The van der Waals surface area contributed by atoms with Gasteiger partial charge in [-0.15, -0.1) is 0 Å². The molecule has 2 aromatic rings. The van der Waals surface area contributed by atoms with E-state index in [0.29, 0.717) is 18.1 Å². The van der Waals surface area contributed by atoms with E-state index in [4.69, 9.17) is 21.5 Å². The Kier molecular flexibility index (Phi) is 8.83. The number of carbonyl (C=O) groups excluding carboxylic acids is 1. The zero-order chi connectivity index (χ0) is 20.5. The fraction of sp³-hybridized carbons (Fsp3) is 0.381. The van der Waals surface area contributed by atoms with Gasteiger partial charge in [0.25, 0.3) is 0 Å². The van der Waals surface area contributed by atoms with Gasteiger partial charge in [0.05, 0.1) is 12.5 Å². The Hall–Kier alpha value is -2.02. The third kappa shape index (κ3) is 6.55. The van der Waals surface area contributed by atoms with Crippen molar-refractivity contribution in [3.05, 3.63) is 70.2 Å². The van der Waals surface area contributed by atoms with Gasteiger partial charge in [-0.25, -0.2) is 14.3 Å². The SMILES string of the molecule is CCCCO[C@H](CC(=O)NO)C(Cc1ccc(Cl)cc1)c1ccc(F)cc1F. The van der Waals surface area contributed by atoms with Crippen molar-refractivity contribution in [3.8, 4) is 0 Å². The van der Waals surface area contributed by atoms with Gasteiger partial charge in [-0.2, -0.15) is 0 Å². The quantitative estimate of drug-likeness (QED) is 0.327. The van der Waals surface area contributed by atoms with Gasteiger partial charge in [-0.1, -0.05) is 43.1 Å². The molecule has 28 heavy (non-hydrogen) atoms. The fourth-order valence-corrected chi connectivity index (χ4v) is 3.17. The van der Waals surface area contributed by atoms with Crippen LogP contribution in [0.3, 0.4) is 0 Å². The molecule has 2 aromatic carbocycles. The van der Waals surface area contributed by atoms with Crippen molar-refractivity contribution < 1.29 is 23.5 Å². The van der Waals surface area contributed by atoms with Gasteiger partial charge in [-0.05, 0) is 42.2 Å². The van der Waals surface area contributed by atoms with Crippen molar-refractivity contribution in [1.82, 2.24) is 5.48 Å². The van der Waals surface area contributed by atoms with Crippen LogP contribution in [0.15, 0.2) is 42.5 Å². The van der Waals surface area contributed by atoms with Crippen molar-refractivity contribution in [2.24, 2.45) is 0 Å². The predicted molar refractivity (Wildman–Crippen MR) is 103 cm³/mol. The van der Waals surface area contributed by atoms with Crippen LogP contribution >= 0.6 is 11.6 Å². The predicted octanol–water partition coefficient (Wildman–Crippen LogP) is 5.03. The summed E-state index contributed by atoms with van der Waals surface area (Å²) in [5.41, 5.74) is 2.72. The van der Waals surface area contributed by atoms with E-state index in [9.17, 15) is 13.6 Å². The van der Waals surface area contributed by atoms with E-state index in [2.05, 4.69) is 0 Å². The number of rotatable bonds is 10. The number of nitrogens with one attached hydrogen (secondary N) is 1. The molecule has 0 aliphatic rings. The fourth-order valence-electron chi connectivity index (χ4n) is 3.04. The van der Waals surface area contributed by atoms with E-state index < -0.39 is 29.6 Å². The van der Waals surface area contributed by atoms with Crippen molar-refractivity contribution in [2.75, 3.05) is 6.61 Å². The van der Waals surface area contributed by atoms with Gasteiger partial charge >= 0.3 is 0 Å². The van der Waals surface area contributed by atoms with Crippen molar-refractivity contribution in [3.63, 3.8) is 0 Å².